The fourth-order valence-electron chi connectivity index (χ4n) is 6.69. The molecule has 14 nitrogen and oxygen atoms in total. The van der Waals surface area contributed by atoms with Crippen molar-refractivity contribution in [3.63, 3.8) is 0 Å². The first-order valence-corrected chi connectivity index (χ1v) is 17.8. The number of carbonyl (C=O) groups excluding carboxylic acids is 4. The zero-order valence-electron chi connectivity index (χ0n) is 30.7. The van der Waals surface area contributed by atoms with Crippen LogP contribution in [-0.2, 0) is 19.1 Å². The fourth-order valence-corrected chi connectivity index (χ4v) is 6.69. The molecule has 0 unspecified atom stereocenters. The van der Waals surface area contributed by atoms with Crippen LogP contribution in [0.25, 0.3) is 24.3 Å². The summed E-state index contributed by atoms with van der Waals surface area (Å²) in [4.78, 5) is 70.1. The number of ether oxygens (including phenoxy) is 2. The number of aromatic nitrogens is 4. The first kappa shape index (κ1) is 37.8. The quantitative estimate of drug-likeness (QED) is 0.189. The molecule has 0 aliphatic carbocycles. The predicted molar refractivity (Wildman–Crippen MR) is 197 cm³/mol. The number of likely N-dealkylation sites (tertiary alicyclic amines) is 2. The molecule has 0 saturated carbocycles. The number of carbonyl (C=O) groups is 4. The molecule has 2 fully saturated rings. The second kappa shape index (κ2) is 17.2. The lowest BCUT2D eigenvalue weighted by molar-refractivity contribution is -0.136. The van der Waals surface area contributed by atoms with Gasteiger partial charge in [-0.15, -0.1) is 0 Å². The number of rotatable bonds is 12. The molecule has 1 aromatic carbocycles. The van der Waals surface area contributed by atoms with E-state index in [9.17, 15) is 19.2 Å². The van der Waals surface area contributed by atoms with Crippen LogP contribution < -0.4 is 10.6 Å². The molecule has 4 N–H and O–H groups in total. The number of imidazole rings is 2. The van der Waals surface area contributed by atoms with Gasteiger partial charge in [-0.25, -0.2) is 19.6 Å². The molecule has 5 rings (SSSR count). The zero-order valence-corrected chi connectivity index (χ0v) is 30.7. The minimum absolute atomic E-state index is 0.0994. The van der Waals surface area contributed by atoms with Crippen LogP contribution in [0.1, 0.15) is 99.6 Å². The molecule has 4 heterocycles. The molecular formula is C38H50N8O6. The van der Waals surface area contributed by atoms with E-state index < -0.39 is 24.3 Å². The Morgan fingerprint density at radius 2 is 1.08 bits per heavy atom. The molecule has 52 heavy (non-hydrogen) atoms. The van der Waals surface area contributed by atoms with Gasteiger partial charge in [0.2, 0.25) is 11.8 Å². The van der Waals surface area contributed by atoms with Crippen LogP contribution in [0.4, 0.5) is 9.59 Å². The maximum atomic E-state index is 13.4. The third-order valence-electron chi connectivity index (χ3n) is 9.56. The number of hydrogen-bond donors (Lipinski definition) is 4. The molecule has 3 aromatic rings. The highest BCUT2D eigenvalue weighted by Crippen LogP contribution is 2.33. The van der Waals surface area contributed by atoms with Crippen LogP contribution in [-0.4, -0.2) is 93.1 Å². The molecule has 2 aliphatic rings. The number of hydrogen-bond acceptors (Lipinski definition) is 8. The standard InChI is InChI=1S/C38H50N8O6/c1-23(2)31(43-37(49)51-5)35(47)45-19-7-9-29(45)33-39-21-27(41-33)17-15-25-11-13-26(14-12-25)16-18-28-22-40-34(42-28)30-10-8-20-46(30)36(48)32(24(3)4)44-38(50)52-6/h11-18,21-24,29-32H,7-10,19-20H2,1-6H3,(H,39,41)(H,40,42)(H,43,49)(H,44,50)/t29-,30-,31-,32-/m0/s1. The van der Waals surface area contributed by atoms with Gasteiger partial charge >= 0.3 is 12.2 Å². The smallest absolute Gasteiger partial charge is 0.407 e. The number of benzene rings is 1. The largest absolute Gasteiger partial charge is 0.453 e. The SMILES string of the molecule is COC(=O)N[C@H](C(=O)N1CCC[C@H]1c1ncc(C=Cc2ccc(C=Cc3cnc([C@@H]4CCCN4C(=O)[C@@H](NC(=O)OC)C(C)C)[nH]3)cc2)[nH]1)C(C)C. The van der Waals surface area contributed by atoms with E-state index in [1.165, 1.54) is 14.2 Å². The van der Waals surface area contributed by atoms with Crippen LogP contribution >= 0.6 is 0 Å². The first-order valence-electron chi connectivity index (χ1n) is 17.8. The van der Waals surface area contributed by atoms with Gasteiger partial charge in [-0.1, -0.05) is 64.1 Å². The van der Waals surface area contributed by atoms with Crippen LogP contribution in [0.15, 0.2) is 36.7 Å². The Morgan fingerprint density at radius 3 is 1.42 bits per heavy atom. The summed E-state index contributed by atoms with van der Waals surface area (Å²) < 4.78 is 9.46. The number of amides is 4. The van der Waals surface area contributed by atoms with E-state index in [0.717, 1.165) is 59.8 Å². The number of nitrogens with zero attached hydrogens (tertiary/aromatic N) is 4. The van der Waals surface area contributed by atoms with Gasteiger partial charge in [-0.2, -0.15) is 0 Å². The highest BCUT2D eigenvalue weighted by Gasteiger charge is 2.38. The van der Waals surface area contributed by atoms with Crippen molar-refractivity contribution in [1.29, 1.82) is 0 Å². The number of nitrogens with one attached hydrogen (secondary N) is 4. The van der Waals surface area contributed by atoms with Gasteiger partial charge in [0.25, 0.3) is 0 Å². The molecule has 14 heteroatoms. The van der Waals surface area contributed by atoms with Crippen molar-refractivity contribution in [2.24, 2.45) is 11.8 Å². The monoisotopic (exact) mass is 714 g/mol. The van der Waals surface area contributed by atoms with Crippen LogP contribution in [0.2, 0.25) is 0 Å². The van der Waals surface area contributed by atoms with Crippen LogP contribution in [0.5, 0.6) is 0 Å². The Hall–Kier alpha value is -5.40. The minimum atomic E-state index is -0.681. The summed E-state index contributed by atoms with van der Waals surface area (Å²) in [6.45, 7) is 8.77. The summed E-state index contributed by atoms with van der Waals surface area (Å²) in [5.41, 5.74) is 3.67. The Labute approximate surface area is 304 Å². The number of H-pyrrole nitrogens is 2. The van der Waals surface area contributed by atoms with E-state index in [1.807, 2.05) is 76.3 Å². The summed E-state index contributed by atoms with van der Waals surface area (Å²) in [6.07, 6.45) is 13.5. The highest BCUT2D eigenvalue weighted by molar-refractivity contribution is 5.87. The van der Waals surface area contributed by atoms with Crippen molar-refractivity contribution in [1.82, 2.24) is 40.4 Å². The maximum Gasteiger partial charge on any atom is 0.407 e. The van der Waals surface area contributed by atoms with E-state index in [2.05, 4.69) is 30.6 Å². The second-order valence-corrected chi connectivity index (χ2v) is 13.9. The van der Waals surface area contributed by atoms with Gasteiger partial charge in [0, 0.05) is 13.1 Å². The number of alkyl carbamates (subject to hydrolysis) is 2. The lowest BCUT2D eigenvalue weighted by Crippen LogP contribution is -2.51. The summed E-state index contributed by atoms with van der Waals surface area (Å²) >= 11 is 0. The Bertz CT molecular complexity index is 1630. The lowest BCUT2D eigenvalue weighted by Gasteiger charge is -2.29. The fraction of sp³-hybridized carbons (Fsp3) is 0.474. The molecule has 2 aliphatic heterocycles. The molecule has 278 valence electrons. The van der Waals surface area contributed by atoms with E-state index in [0.29, 0.717) is 13.1 Å². The van der Waals surface area contributed by atoms with Gasteiger partial charge in [0.05, 0.1) is 50.1 Å². The summed E-state index contributed by atoms with van der Waals surface area (Å²) in [5.74, 6) is 0.955. The highest BCUT2D eigenvalue weighted by atomic mass is 16.5. The summed E-state index contributed by atoms with van der Waals surface area (Å²) in [7, 11) is 2.57. The minimum Gasteiger partial charge on any atom is -0.453 e. The van der Waals surface area contributed by atoms with Crippen LogP contribution in [0.3, 0.4) is 0 Å². The molecule has 4 atom stereocenters. The number of methoxy groups -OCH3 is 2. The maximum absolute atomic E-state index is 13.4. The van der Waals surface area contributed by atoms with Crippen LogP contribution in [0, 0.1) is 11.8 Å². The third kappa shape index (κ3) is 9.09. The summed E-state index contributed by atoms with van der Waals surface area (Å²) in [6, 6.07) is 6.36. The third-order valence-corrected chi connectivity index (χ3v) is 9.56. The van der Waals surface area contributed by atoms with Gasteiger partial charge in [0.1, 0.15) is 23.7 Å². The summed E-state index contributed by atoms with van der Waals surface area (Å²) in [5, 5.41) is 5.36. The molecular weight excluding hydrogens is 664 g/mol. The second-order valence-electron chi connectivity index (χ2n) is 13.9. The Kier molecular flexibility index (Phi) is 12.5. The van der Waals surface area contributed by atoms with E-state index in [1.54, 1.807) is 22.2 Å². The average Bonchev–Trinajstić information content (AvgIpc) is 3.97. The topological polar surface area (TPSA) is 175 Å². The Balaban J connectivity index is 1.18. The van der Waals surface area contributed by atoms with Crippen molar-refractivity contribution in [2.45, 2.75) is 77.5 Å². The number of aromatic amines is 2. The average molecular weight is 715 g/mol. The molecule has 0 bridgehead atoms. The van der Waals surface area contributed by atoms with Gasteiger partial charge in [-0.05, 0) is 60.8 Å². The molecule has 2 aromatic heterocycles. The van der Waals surface area contributed by atoms with E-state index in [4.69, 9.17) is 9.47 Å². The van der Waals surface area contributed by atoms with Gasteiger partial charge in [-0.3, -0.25) is 9.59 Å². The van der Waals surface area contributed by atoms with Gasteiger partial charge < -0.3 is 39.9 Å². The molecule has 2 saturated heterocycles. The molecule has 0 spiro atoms. The molecule has 4 amide bonds. The van der Waals surface area contributed by atoms with Crippen molar-refractivity contribution in [2.75, 3.05) is 27.3 Å². The van der Waals surface area contributed by atoms with Gasteiger partial charge in [0.15, 0.2) is 0 Å². The van der Waals surface area contributed by atoms with Crippen molar-refractivity contribution in [3.05, 3.63) is 70.8 Å². The normalized spacial score (nSPS) is 18.8. The Morgan fingerprint density at radius 1 is 0.692 bits per heavy atom. The molecule has 0 radical (unpaired) electrons. The van der Waals surface area contributed by atoms with Crippen molar-refractivity contribution in [3.8, 4) is 0 Å². The lowest BCUT2D eigenvalue weighted by atomic mass is 10.0. The van der Waals surface area contributed by atoms with Crippen molar-refractivity contribution < 1.29 is 28.7 Å². The predicted octanol–water partition coefficient (Wildman–Crippen LogP) is 5.56. The van der Waals surface area contributed by atoms with E-state index >= 15 is 0 Å². The first-order chi connectivity index (χ1) is 25.0. The zero-order chi connectivity index (χ0) is 37.4. The van der Waals surface area contributed by atoms with Crippen molar-refractivity contribution >= 4 is 48.3 Å². The van der Waals surface area contributed by atoms with E-state index in [-0.39, 0.29) is 35.7 Å².